The lowest BCUT2D eigenvalue weighted by molar-refractivity contribution is -0.127. The van der Waals surface area contributed by atoms with Gasteiger partial charge in [-0.25, -0.2) is 0 Å². The van der Waals surface area contributed by atoms with Crippen LogP contribution in [0.2, 0.25) is 0 Å². The lowest BCUT2D eigenvalue weighted by Crippen LogP contribution is -2.36. The Morgan fingerprint density at radius 2 is 2.00 bits per heavy atom. The zero-order valence-corrected chi connectivity index (χ0v) is 19.8. The molecule has 0 bridgehead atoms. The number of amides is 3. The number of nitrogens with zero attached hydrogens (tertiary/aromatic N) is 1. The molecule has 33 heavy (non-hydrogen) atoms. The van der Waals surface area contributed by atoms with Gasteiger partial charge in [0.25, 0.3) is 11.1 Å². The van der Waals surface area contributed by atoms with E-state index in [0.29, 0.717) is 47.0 Å². The van der Waals surface area contributed by atoms with Crippen LogP contribution in [0.15, 0.2) is 39.7 Å². The fraction of sp³-hybridized carbons (Fsp3) is 0.227. The van der Waals surface area contributed by atoms with Crippen LogP contribution in [0.3, 0.4) is 0 Å². The van der Waals surface area contributed by atoms with Crippen molar-refractivity contribution in [2.75, 3.05) is 31.7 Å². The quantitative estimate of drug-likeness (QED) is 0.534. The summed E-state index contributed by atoms with van der Waals surface area (Å²) >= 11 is 3.98. The molecule has 0 unspecified atom stereocenters. The number of fused-ring (bicyclic) bond motifs is 1. The van der Waals surface area contributed by atoms with Crippen LogP contribution in [0, 0.1) is 0 Å². The molecule has 0 spiro atoms. The third kappa shape index (κ3) is 5.09. The average Bonchev–Trinajstić information content (AvgIpc) is 3.04. The minimum absolute atomic E-state index is 0.0575. The SMILES string of the molecule is CCOc1cc(/C=C2/SC(=O)N(CC(=O)Nc3ccc4c(c3)OCCO4)C2=O)cc(Br)c1O. The number of hydrogen-bond acceptors (Lipinski definition) is 8. The van der Waals surface area contributed by atoms with Gasteiger partial charge < -0.3 is 24.6 Å². The normalized spacial score (nSPS) is 16.3. The van der Waals surface area contributed by atoms with Crippen molar-refractivity contribution in [3.05, 3.63) is 45.3 Å². The highest BCUT2D eigenvalue weighted by Crippen LogP contribution is 2.38. The molecule has 1 fully saturated rings. The summed E-state index contributed by atoms with van der Waals surface area (Å²) in [6.07, 6.45) is 1.51. The molecule has 3 amide bonds. The van der Waals surface area contributed by atoms with Gasteiger partial charge >= 0.3 is 0 Å². The Bertz CT molecular complexity index is 1170. The molecule has 9 nitrogen and oxygen atoms in total. The number of carbonyl (C=O) groups excluding carboxylic acids is 3. The van der Waals surface area contributed by atoms with Gasteiger partial charge in [-0.2, -0.15) is 0 Å². The van der Waals surface area contributed by atoms with Crippen molar-refractivity contribution in [2.45, 2.75) is 6.92 Å². The number of benzene rings is 2. The first-order chi connectivity index (χ1) is 15.9. The maximum absolute atomic E-state index is 12.8. The Morgan fingerprint density at radius 3 is 2.76 bits per heavy atom. The zero-order valence-electron chi connectivity index (χ0n) is 17.4. The molecule has 2 aliphatic heterocycles. The van der Waals surface area contributed by atoms with E-state index in [9.17, 15) is 19.5 Å². The summed E-state index contributed by atoms with van der Waals surface area (Å²) in [6, 6.07) is 8.11. The third-order valence-electron chi connectivity index (χ3n) is 4.65. The molecule has 0 aliphatic carbocycles. The maximum Gasteiger partial charge on any atom is 0.294 e. The van der Waals surface area contributed by atoms with Crippen LogP contribution in [-0.2, 0) is 9.59 Å². The monoisotopic (exact) mass is 534 g/mol. The van der Waals surface area contributed by atoms with Crippen molar-refractivity contribution in [1.82, 2.24) is 4.90 Å². The Hall–Kier alpha value is -3.18. The van der Waals surface area contributed by atoms with E-state index in [4.69, 9.17) is 14.2 Å². The molecule has 2 heterocycles. The number of anilines is 1. The van der Waals surface area contributed by atoms with E-state index in [1.165, 1.54) is 6.08 Å². The number of nitrogens with one attached hydrogen (secondary N) is 1. The summed E-state index contributed by atoms with van der Waals surface area (Å²) in [5.74, 6) is 0.183. The summed E-state index contributed by atoms with van der Waals surface area (Å²) in [7, 11) is 0. The number of hydrogen-bond donors (Lipinski definition) is 2. The molecule has 172 valence electrons. The standard InChI is InChI=1S/C22H19BrN2O7S/c1-2-30-17-8-12(7-14(23)20(17)27)9-18-21(28)25(22(29)33-18)11-19(26)24-13-3-4-15-16(10-13)32-6-5-31-15/h3-4,7-10,27H,2,5-6,11H2,1H3,(H,24,26)/b18-9+. The molecule has 0 radical (unpaired) electrons. The Labute approximate surface area is 201 Å². The summed E-state index contributed by atoms with van der Waals surface area (Å²) in [5.41, 5.74) is 1.01. The minimum Gasteiger partial charge on any atom is -0.503 e. The van der Waals surface area contributed by atoms with Crippen LogP contribution in [0.1, 0.15) is 12.5 Å². The molecular formula is C22H19BrN2O7S. The van der Waals surface area contributed by atoms with Crippen molar-refractivity contribution in [3.63, 3.8) is 0 Å². The van der Waals surface area contributed by atoms with E-state index >= 15 is 0 Å². The molecule has 11 heteroatoms. The van der Waals surface area contributed by atoms with E-state index in [1.54, 1.807) is 37.3 Å². The molecule has 2 aliphatic rings. The molecular weight excluding hydrogens is 516 g/mol. The fourth-order valence-corrected chi connectivity index (χ4v) is 4.49. The van der Waals surface area contributed by atoms with Crippen LogP contribution in [0.5, 0.6) is 23.0 Å². The van der Waals surface area contributed by atoms with Crippen molar-refractivity contribution in [3.8, 4) is 23.0 Å². The van der Waals surface area contributed by atoms with Gasteiger partial charge in [0.2, 0.25) is 5.91 Å². The first-order valence-corrected chi connectivity index (χ1v) is 11.6. The summed E-state index contributed by atoms with van der Waals surface area (Å²) in [5, 5.41) is 12.2. The van der Waals surface area contributed by atoms with Crippen molar-refractivity contribution >= 4 is 56.5 Å². The summed E-state index contributed by atoms with van der Waals surface area (Å²) in [4.78, 5) is 38.7. The second-order valence-corrected chi connectivity index (χ2v) is 8.80. The third-order valence-corrected chi connectivity index (χ3v) is 6.16. The average molecular weight is 535 g/mol. The fourth-order valence-electron chi connectivity index (χ4n) is 3.20. The number of thioether (sulfide) groups is 1. The highest BCUT2D eigenvalue weighted by Gasteiger charge is 2.36. The molecule has 4 rings (SSSR count). The molecule has 0 aromatic heterocycles. The predicted molar refractivity (Wildman–Crippen MR) is 126 cm³/mol. The van der Waals surface area contributed by atoms with Crippen LogP contribution >= 0.6 is 27.7 Å². The molecule has 0 atom stereocenters. The molecule has 2 aromatic rings. The van der Waals surface area contributed by atoms with Crippen LogP contribution in [-0.4, -0.2) is 53.4 Å². The number of aromatic hydroxyl groups is 1. The number of halogens is 1. The van der Waals surface area contributed by atoms with Crippen LogP contribution in [0.25, 0.3) is 6.08 Å². The van der Waals surface area contributed by atoms with Gasteiger partial charge in [0, 0.05) is 11.8 Å². The van der Waals surface area contributed by atoms with Gasteiger partial charge in [-0.15, -0.1) is 0 Å². The largest absolute Gasteiger partial charge is 0.503 e. The number of rotatable bonds is 6. The Morgan fingerprint density at radius 1 is 1.24 bits per heavy atom. The number of phenolic OH excluding ortho intramolecular Hbond substituents is 1. The molecule has 2 N–H and O–H groups in total. The van der Waals surface area contributed by atoms with Crippen LogP contribution < -0.4 is 19.5 Å². The number of ether oxygens (including phenoxy) is 3. The molecule has 1 saturated heterocycles. The molecule has 0 saturated carbocycles. The minimum atomic E-state index is -0.579. The van der Waals surface area contributed by atoms with Crippen molar-refractivity contribution < 1.29 is 33.7 Å². The highest BCUT2D eigenvalue weighted by molar-refractivity contribution is 9.10. The van der Waals surface area contributed by atoms with Gasteiger partial charge in [-0.1, -0.05) is 0 Å². The van der Waals surface area contributed by atoms with E-state index in [2.05, 4.69) is 21.2 Å². The topological polar surface area (TPSA) is 114 Å². The first kappa shape index (κ1) is 23.0. The van der Waals surface area contributed by atoms with Gasteiger partial charge in [-0.3, -0.25) is 19.3 Å². The summed E-state index contributed by atoms with van der Waals surface area (Å²) < 4.78 is 16.7. The molecule has 2 aromatic carbocycles. The Kier molecular flexibility index (Phi) is 6.80. The van der Waals surface area contributed by atoms with Gasteiger partial charge in [0.15, 0.2) is 23.0 Å². The van der Waals surface area contributed by atoms with Gasteiger partial charge in [-0.05, 0) is 70.5 Å². The second-order valence-electron chi connectivity index (χ2n) is 6.96. The first-order valence-electron chi connectivity index (χ1n) is 9.96. The highest BCUT2D eigenvalue weighted by atomic mass is 79.9. The van der Waals surface area contributed by atoms with Gasteiger partial charge in [0.1, 0.15) is 19.8 Å². The number of phenols is 1. The summed E-state index contributed by atoms with van der Waals surface area (Å²) in [6.45, 7) is 2.57. The van der Waals surface area contributed by atoms with E-state index < -0.39 is 23.6 Å². The van der Waals surface area contributed by atoms with E-state index in [-0.39, 0.29) is 16.4 Å². The zero-order chi connectivity index (χ0) is 23.5. The van der Waals surface area contributed by atoms with Crippen molar-refractivity contribution in [2.24, 2.45) is 0 Å². The maximum atomic E-state index is 12.8. The van der Waals surface area contributed by atoms with E-state index in [1.807, 2.05) is 0 Å². The van der Waals surface area contributed by atoms with E-state index in [0.717, 1.165) is 16.7 Å². The second kappa shape index (κ2) is 9.75. The predicted octanol–water partition coefficient (Wildman–Crippen LogP) is 4.00. The smallest absolute Gasteiger partial charge is 0.294 e. The van der Waals surface area contributed by atoms with Crippen molar-refractivity contribution in [1.29, 1.82) is 0 Å². The lowest BCUT2D eigenvalue weighted by atomic mass is 10.2. The van der Waals surface area contributed by atoms with Gasteiger partial charge in [0.05, 0.1) is 16.0 Å². The van der Waals surface area contributed by atoms with Crippen LogP contribution in [0.4, 0.5) is 10.5 Å². The Balaban J connectivity index is 1.45. The lowest BCUT2D eigenvalue weighted by Gasteiger charge is -2.19. The number of carbonyl (C=O) groups is 3. The number of imide groups is 1.